The highest BCUT2D eigenvalue weighted by molar-refractivity contribution is 5.98. The zero-order valence-corrected chi connectivity index (χ0v) is 16.3. The minimum absolute atomic E-state index is 0.0489. The number of anilines is 1. The van der Waals surface area contributed by atoms with Crippen molar-refractivity contribution in [1.29, 1.82) is 0 Å². The fourth-order valence-corrected chi connectivity index (χ4v) is 2.48. The molecule has 0 aromatic heterocycles. The largest absolute Gasteiger partial charge is 0.460 e. The van der Waals surface area contributed by atoms with E-state index in [-0.39, 0.29) is 30.4 Å². The molecule has 0 heterocycles. The molecule has 6 nitrogen and oxygen atoms in total. The van der Waals surface area contributed by atoms with Crippen LogP contribution in [0, 0.1) is 11.8 Å². The van der Waals surface area contributed by atoms with E-state index in [1.807, 2.05) is 26.0 Å². The van der Waals surface area contributed by atoms with Gasteiger partial charge in [0, 0.05) is 24.6 Å². The Kier molecular flexibility index (Phi) is 7.80. The molecule has 1 aromatic carbocycles. The van der Waals surface area contributed by atoms with E-state index in [1.165, 1.54) is 0 Å². The van der Waals surface area contributed by atoms with Gasteiger partial charge in [-0.15, -0.1) is 0 Å². The number of ketones is 1. The monoisotopic (exact) mass is 362 g/mol. The molecule has 1 atom stereocenters. The highest BCUT2D eigenvalue weighted by atomic mass is 16.6. The first-order chi connectivity index (χ1) is 12.0. The predicted molar refractivity (Wildman–Crippen MR) is 101 cm³/mol. The highest BCUT2D eigenvalue weighted by Crippen LogP contribution is 2.19. The normalized spacial score (nSPS) is 12.5. The van der Waals surface area contributed by atoms with Gasteiger partial charge in [0.2, 0.25) is 5.91 Å². The van der Waals surface area contributed by atoms with Crippen LogP contribution in [0.4, 0.5) is 5.69 Å². The zero-order valence-electron chi connectivity index (χ0n) is 16.3. The van der Waals surface area contributed by atoms with E-state index in [2.05, 4.69) is 5.32 Å². The molecule has 0 spiro atoms. The molecule has 3 N–H and O–H groups in total. The van der Waals surface area contributed by atoms with Crippen LogP contribution in [0.15, 0.2) is 24.3 Å². The number of nitrogens with one attached hydrogen (secondary N) is 1. The van der Waals surface area contributed by atoms with Gasteiger partial charge in [0.15, 0.2) is 0 Å². The summed E-state index contributed by atoms with van der Waals surface area (Å²) in [6.45, 7) is 9.35. The van der Waals surface area contributed by atoms with Gasteiger partial charge in [-0.05, 0) is 44.4 Å². The molecule has 1 amide bonds. The molecule has 6 heteroatoms. The summed E-state index contributed by atoms with van der Waals surface area (Å²) in [5.41, 5.74) is 6.58. The molecule has 1 aromatic rings. The molecule has 0 aliphatic carbocycles. The maximum absolute atomic E-state index is 12.4. The molecule has 0 aliphatic heterocycles. The molecule has 0 radical (unpaired) electrons. The van der Waals surface area contributed by atoms with E-state index in [0.717, 1.165) is 5.56 Å². The molecular weight excluding hydrogens is 332 g/mol. The van der Waals surface area contributed by atoms with Crippen molar-refractivity contribution in [3.05, 3.63) is 29.8 Å². The van der Waals surface area contributed by atoms with Gasteiger partial charge in [0.05, 0.1) is 0 Å². The Bertz CT molecular complexity index is 630. The van der Waals surface area contributed by atoms with Crippen LogP contribution in [0.3, 0.4) is 0 Å². The number of Topliss-reactive ketones (excluding diaryl/α,β-unsaturated/α-hetero) is 1. The third-order valence-electron chi connectivity index (χ3n) is 3.83. The summed E-state index contributed by atoms with van der Waals surface area (Å²) in [7, 11) is 0. The first-order valence-corrected chi connectivity index (χ1v) is 8.83. The number of carbonyl (C=O) groups excluding carboxylic acids is 3. The molecule has 1 rings (SSSR count). The Labute approximate surface area is 155 Å². The number of benzene rings is 1. The van der Waals surface area contributed by atoms with Crippen LogP contribution in [0.25, 0.3) is 0 Å². The Balaban J connectivity index is 2.57. The number of rotatable bonds is 8. The third-order valence-corrected chi connectivity index (χ3v) is 3.83. The van der Waals surface area contributed by atoms with Crippen molar-refractivity contribution < 1.29 is 19.1 Å². The van der Waals surface area contributed by atoms with E-state index in [4.69, 9.17) is 10.5 Å². The van der Waals surface area contributed by atoms with Crippen molar-refractivity contribution in [1.82, 2.24) is 5.32 Å². The maximum Gasteiger partial charge on any atom is 0.313 e. The van der Waals surface area contributed by atoms with E-state index in [1.54, 1.807) is 32.9 Å². The summed E-state index contributed by atoms with van der Waals surface area (Å²) in [6.07, 6.45) is -0.264. The second kappa shape index (κ2) is 9.36. The third kappa shape index (κ3) is 8.14. The summed E-state index contributed by atoms with van der Waals surface area (Å²) in [5.74, 6) is -1.62. The Morgan fingerprint density at radius 2 is 1.69 bits per heavy atom. The van der Waals surface area contributed by atoms with Gasteiger partial charge in [-0.1, -0.05) is 26.0 Å². The van der Waals surface area contributed by atoms with Crippen molar-refractivity contribution in [2.24, 2.45) is 11.8 Å². The molecule has 0 saturated carbocycles. The Hall–Kier alpha value is -2.37. The van der Waals surface area contributed by atoms with E-state index < -0.39 is 17.5 Å². The van der Waals surface area contributed by atoms with Crippen LogP contribution in [-0.4, -0.2) is 23.3 Å². The van der Waals surface area contributed by atoms with Crippen molar-refractivity contribution >= 4 is 23.3 Å². The van der Waals surface area contributed by atoms with E-state index >= 15 is 0 Å². The lowest BCUT2D eigenvalue weighted by Crippen LogP contribution is -2.32. The molecule has 0 aliphatic rings. The highest BCUT2D eigenvalue weighted by Gasteiger charge is 2.28. The van der Waals surface area contributed by atoms with Gasteiger partial charge < -0.3 is 15.8 Å². The number of ether oxygens (including phenoxy) is 1. The van der Waals surface area contributed by atoms with E-state index in [0.29, 0.717) is 12.2 Å². The number of nitrogen functional groups attached to an aromatic ring is 1. The number of nitrogens with two attached hydrogens (primary N) is 1. The molecule has 0 unspecified atom stereocenters. The van der Waals surface area contributed by atoms with Gasteiger partial charge in [-0.2, -0.15) is 0 Å². The second-order valence-corrected chi connectivity index (χ2v) is 7.80. The zero-order chi connectivity index (χ0) is 19.9. The topological polar surface area (TPSA) is 98.5 Å². The molecule has 0 fully saturated rings. The SMILES string of the molecule is CC(C)[C@H](CC(=O)NCc1ccc(N)cc1)C(=O)CC(=O)OC(C)(C)C. The number of hydrogen-bond donors (Lipinski definition) is 2. The minimum atomic E-state index is -0.638. The molecule has 26 heavy (non-hydrogen) atoms. The van der Waals surface area contributed by atoms with Gasteiger partial charge in [0.1, 0.15) is 17.8 Å². The lowest BCUT2D eigenvalue weighted by atomic mass is 9.87. The summed E-state index contributed by atoms with van der Waals surface area (Å²) < 4.78 is 5.19. The first kappa shape index (κ1) is 21.7. The van der Waals surface area contributed by atoms with Crippen LogP contribution < -0.4 is 11.1 Å². The average Bonchev–Trinajstić information content (AvgIpc) is 2.49. The number of amides is 1. The van der Waals surface area contributed by atoms with Gasteiger partial charge in [0.25, 0.3) is 0 Å². The summed E-state index contributed by atoms with van der Waals surface area (Å²) in [6, 6.07) is 7.21. The summed E-state index contributed by atoms with van der Waals surface area (Å²) in [5, 5.41) is 2.80. The van der Waals surface area contributed by atoms with Crippen LogP contribution in [0.1, 0.15) is 53.0 Å². The van der Waals surface area contributed by atoms with Crippen LogP contribution in [-0.2, 0) is 25.7 Å². The van der Waals surface area contributed by atoms with E-state index in [9.17, 15) is 14.4 Å². The first-order valence-electron chi connectivity index (χ1n) is 8.83. The molecule has 0 bridgehead atoms. The Morgan fingerprint density at radius 1 is 1.12 bits per heavy atom. The molecule has 144 valence electrons. The average molecular weight is 362 g/mol. The van der Waals surface area contributed by atoms with Crippen LogP contribution >= 0.6 is 0 Å². The summed E-state index contributed by atoms with van der Waals surface area (Å²) >= 11 is 0. The lowest BCUT2D eigenvalue weighted by Gasteiger charge is -2.22. The second-order valence-electron chi connectivity index (χ2n) is 7.80. The van der Waals surface area contributed by atoms with Crippen molar-refractivity contribution in [3.8, 4) is 0 Å². The van der Waals surface area contributed by atoms with Crippen LogP contribution in [0.2, 0.25) is 0 Å². The fraction of sp³-hybridized carbons (Fsp3) is 0.550. The van der Waals surface area contributed by atoms with Crippen molar-refractivity contribution in [2.45, 2.75) is 59.6 Å². The van der Waals surface area contributed by atoms with Crippen LogP contribution in [0.5, 0.6) is 0 Å². The summed E-state index contributed by atoms with van der Waals surface area (Å²) in [4.78, 5) is 36.5. The lowest BCUT2D eigenvalue weighted by molar-refractivity contribution is -0.157. The predicted octanol–water partition coefficient (Wildman–Crippen LogP) is 2.85. The number of esters is 1. The van der Waals surface area contributed by atoms with Gasteiger partial charge >= 0.3 is 5.97 Å². The number of hydrogen-bond acceptors (Lipinski definition) is 5. The van der Waals surface area contributed by atoms with Crippen molar-refractivity contribution in [2.75, 3.05) is 5.73 Å². The minimum Gasteiger partial charge on any atom is -0.460 e. The standard InChI is InChI=1S/C20H30N2O4/c1-13(2)16(17(23)11-19(25)26-20(3,4)5)10-18(24)22-12-14-6-8-15(21)9-7-14/h6-9,13,16H,10-12,21H2,1-5H3,(H,22,24)/t16-/m0/s1. The molecule has 0 saturated heterocycles. The number of carbonyl (C=O) groups is 3. The molecular formula is C20H30N2O4. The fourth-order valence-electron chi connectivity index (χ4n) is 2.48. The maximum atomic E-state index is 12.4. The van der Waals surface area contributed by atoms with Gasteiger partial charge in [-0.25, -0.2) is 0 Å². The van der Waals surface area contributed by atoms with Crippen molar-refractivity contribution in [3.63, 3.8) is 0 Å². The van der Waals surface area contributed by atoms with Gasteiger partial charge in [-0.3, -0.25) is 14.4 Å². The smallest absolute Gasteiger partial charge is 0.313 e. The quantitative estimate of drug-likeness (QED) is 0.421. The Morgan fingerprint density at radius 3 is 2.19 bits per heavy atom.